The number of rotatable bonds is 3. The molecule has 0 aromatic heterocycles. The van der Waals surface area contributed by atoms with E-state index in [2.05, 4.69) is 5.32 Å². The number of amides is 2. The van der Waals surface area contributed by atoms with Gasteiger partial charge in [0, 0.05) is 12.1 Å². The Morgan fingerprint density at radius 3 is 2.47 bits per heavy atom. The summed E-state index contributed by atoms with van der Waals surface area (Å²) in [6, 6.07) is -0.325. The zero-order valence-corrected chi connectivity index (χ0v) is 10.5. The van der Waals surface area contributed by atoms with Crippen molar-refractivity contribution in [3.63, 3.8) is 0 Å². The smallest absolute Gasteiger partial charge is 0.337 e. The number of carbonyl (C=O) groups excluding carboxylic acids is 1. The van der Waals surface area contributed by atoms with Gasteiger partial charge in [-0.2, -0.15) is 0 Å². The average Bonchev–Trinajstić information content (AvgIpc) is 2.54. The number of urea groups is 1. The van der Waals surface area contributed by atoms with Gasteiger partial charge in [0.15, 0.2) is 5.60 Å². The average molecular weight is 244 g/mol. The monoisotopic (exact) mass is 244 g/mol. The van der Waals surface area contributed by atoms with E-state index in [1.54, 1.807) is 4.90 Å². The molecule has 2 amide bonds. The quantitative estimate of drug-likeness (QED) is 0.670. The van der Waals surface area contributed by atoms with E-state index in [1.807, 2.05) is 13.8 Å². The van der Waals surface area contributed by atoms with E-state index in [1.165, 1.54) is 0 Å². The van der Waals surface area contributed by atoms with Gasteiger partial charge in [-0.05, 0) is 33.6 Å². The van der Waals surface area contributed by atoms with Crippen LogP contribution in [0.15, 0.2) is 0 Å². The lowest BCUT2D eigenvalue weighted by Gasteiger charge is -2.32. The molecule has 0 radical (unpaired) electrons. The molecule has 1 heterocycles. The van der Waals surface area contributed by atoms with Crippen molar-refractivity contribution in [1.29, 1.82) is 0 Å². The molecule has 1 saturated heterocycles. The van der Waals surface area contributed by atoms with Gasteiger partial charge in [-0.3, -0.25) is 0 Å². The molecule has 6 nitrogen and oxygen atoms in total. The SMILES string of the molecule is CC(O)(CNC(=O)N1CCCC1(C)C)C(=O)O. The molecule has 1 aliphatic heterocycles. The Morgan fingerprint density at radius 2 is 2.06 bits per heavy atom. The van der Waals surface area contributed by atoms with E-state index in [0.717, 1.165) is 19.8 Å². The molecule has 1 unspecified atom stereocenters. The van der Waals surface area contributed by atoms with Crippen LogP contribution in [0.25, 0.3) is 0 Å². The molecular formula is C11H20N2O4. The first-order valence-electron chi connectivity index (χ1n) is 5.68. The molecule has 0 aromatic carbocycles. The van der Waals surface area contributed by atoms with Crippen molar-refractivity contribution >= 4 is 12.0 Å². The largest absolute Gasteiger partial charge is 0.479 e. The first-order valence-corrected chi connectivity index (χ1v) is 5.68. The molecule has 0 bridgehead atoms. The van der Waals surface area contributed by atoms with Gasteiger partial charge < -0.3 is 20.4 Å². The molecule has 1 fully saturated rings. The Kier molecular flexibility index (Phi) is 3.66. The highest BCUT2D eigenvalue weighted by Crippen LogP contribution is 2.27. The summed E-state index contributed by atoms with van der Waals surface area (Å²) < 4.78 is 0. The summed E-state index contributed by atoms with van der Waals surface area (Å²) >= 11 is 0. The van der Waals surface area contributed by atoms with Crippen molar-refractivity contribution in [1.82, 2.24) is 10.2 Å². The maximum Gasteiger partial charge on any atom is 0.337 e. The number of nitrogens with zero attached hydrogens (tertiary/aromatic N) is 1. The second-order valence-electron chi connectivity index (χ2n) is 5.31. The van der Waals surface area contributed by atoms with E-state index >= 15 is 0 Å². The Balaban J connectivity index is 2.54. The molecule has 0 spiro atoms. The van der Waals surface area contributed by atoms with Gasteiger partial charge in [0.1, 0.15) is 0 Å². The number of aliphatic carboxylic acids is 1. The Labute approximate surface area is 101 Å². The van der Waals surface area contributed by atoms with Crippen LogP contribution in [0.5, 0.6) is 0 Å². The number of carboxylic acids is 1. The molecule has 98 valence electrons. The van der Waals surface area contributed by atoms with Gasteiger partial charge in [-0.1, -0.05) is 0 Å². The van der Waals surface area contributed by atoms with Crippen LogP contribution in [0.4, 0.5) is 4.79 Å². The molecule has 3 N–H and O–H groups in total. The number of aliphatic hydroxyl groups is 1. The topological polar surface area (TPSA) is 89.9 Å². The predicted molar refractivity (Wildman–Crippen MR) is 61.7 cm³/mol. The molecule has 0 aliphatic carbocycles. The molecule has 17 heavy (non-hydrogen) atoms. The highest BCUT2D eigenvalue weighted by Gasteiger charge is 2.37. The van der Waals surface area contributed by atoms with Crippen molar-refractivity contribution in [3.05, 3.63) is 0 Å². The Bertz CT molecular complexity index is 325. The zero-order chi connectivity index (χ0) is 13.3. The summed E-state index contributed by atoms with van der Waals surface area (Å²) in [5.74, 6) is -1.35. The van der Waals surface area contributed by atoms with Gasteiger partial charge in [-0.25, -0.2) is 9.59 Å². The van der Waals surface area contributed by atoms with E-state index in [-0.39, 0.29) is 18.1 Å². The number of carbonyl (C=O) groups is 2. The van der Waals surface area contributed by atoms with E-state index in [4.69, 9.17) is 5.11 Å². The second-order valence-corrected chi connectivity index (χ2v) is 5.31. The van der Waals surface area contributed by atoms with Gasteiger partial charge >= 0.3 is 12.0 Å². The van der Waals surface area contributed by atoms with Crippen molar-refractivity contribution in [2.45, 2.75) is 44.8 Å². The van der Waals surface area contributed by atoms with Crippen LogP contribution in [-0.4, -0.2) is 51.3 Å². The fraction of sp³-hybridized carbons (Fsp3) is 0.818. The molecule has 0 aromatic rings. The van der Waals surface area contributed by atoms with Gasteiger partial charge in [-0.15, -0.1) is 0 Å². The minimum absolute atomic E-state index is 0.209. The Morgan fingerprint density at radius 1 is 1.47 bits per heavy atom. The van der Waals surface area contributed by atoms with Crippen molar-refractivity contribution in [2.24, 2.45) is 0 Å². The highest BCUT2D eigenvalue weighted by atomic mass is 16.4. The van der Waals surface area contributed by atoms with Crippen molar-refractivity contribution < 1.29 is 19.8 Å². The standard InChI is InChI=1S/C11H20N2O4/c1-10(2)5-4-6-13(10)9(16)12-7-11(3,17)8(14)15/h17H,4-7H2,1-3H3,(H,12,16)(H,14,15). The molecule has 1 atom stereocenters. The molecule has 1 rings (SSSR count). The van der Waals surface area contributed by atoms with E-state index in [9.17, 15) is 14.7 Å². The predicted octanol–water partition coefficient (Wildman–Crippen LogP) is 0.406. The summed E-state index contributed by atoms with van der Waals surface area (Å²) in [5.41, 5.74) is -2.14. The molecule has 6 heteroatoms. The summed E-state index contributed by atoms with van der Waals surface area (Å²) in [5, 5.41) is 20.6. The molecule has 1 aliphatic rings. The van der Waals surface area contributed by atoms with Crippen molar-refractivity contribution in [2.75, 3.05) is 13.1 Å². The second kappa shape index (κ2) is 4.52. The minimum Gasteiger partial charge on any atom is -0.479 e. The number of hydrogen-bond donors (Lipinski definition) is 3. The van der Waals surface area contributed by atoms with Crippen LogP contribution in [0.2, 0.25) is 0 Å². The highest BCUT2D eigenvalue weighted by molar-refractivity contribution is 5.79. The zero-order valence-electron chi connectivity index (χ0n) is 10.5. The van der Waals surface area contributed by atoms with Crippen LogP contribution in [-0.2, 0) is 4.79 Å². The van der Waals surface area contributed by atoms with Crippen LogP contribution in [0.3, 0.4) is 0 Å². The Hall–Kier alpha value is -1.30. The summed E-state index contributed by atoms with van der Waals surface area (Å²) in [6.07, 6.45) is 1.87. The van der Waals surface area contributed by atoms with Crippen molar-refractivity contribution in [3.8, 4) is 0 Å². The lowest BCUT2D eigenvalue weighted by Crippen LogP contribution is -2.53. The van der Waals surface area contributed by atoms with Crippen LogP contribution in [0, 0.1) is 0 Å². The first kappa shape index (κ1) is 13.8. The number of likely N-dealkylation sites (tertiary alicyclic amines) is 1. The maximum absolute atomic E-state index is 11.8. The lowest BCUT2D eigenvalue weighted by molar-refractivity contribution is -0.155. The van der Waals surface area contributed by atoms with E-state index < -0.39 is 11.6 Å². The lowest BCUT2D eigenvalue weighted by atomic mass is 10.0. The normalized spacial score (nSPS) is 22.0. The van der Waals surface area contributed by atoms with Crippen LogP contribution in [0.1, 0.15) is 33.6 Å². The first-order chi connectivity index (χ1) is 7.67. The third kappa shape index (κ3) is 3.09. The third-order valence-electron chi connectivity index (χ3n) is 3.19. The molecule has 0 saturated carbocycles. The minimum atomic E-state index is -1.93. The number of hydrogen-bond acceptors (Lipinski definition) is 3. The van der Waals surface area contributed by atoms with E-state index in [0.29, 0.717) is 6.54 Å². The van der Waals surface area contributed by atoms with Crippen LogP contribution < -0.4 is 5.32 Å². The van der Waals surface area contributed by atoms with Gasteiger partial charge in [0.2, 0.25) is 0 Å². The fourth-order valence-corrected chi connectivity index (χ4v) is 1.90. The van der Waals surface area contributed by atoms with Gasteiger partial charge in [0.05, 0.1) is 6.54 Å². The van der Waals surface area contributed by atoms with Gasteiger partial charge in [0.25, 0.3) is 0 Å². The third-order valence-corrected chi connectivity index (χ3v) is 3.19. The maximum atomic E-state index is 11.8. The summed E-state index contributed by atoms with van der Waals surface area (Å²) in [4.78, 5) is 24.2. The number of nitrogens with one attached hydrogen (secondary N) is 1. The molecular weight excluding hydrogens is 224 g/mol. The number of carboxylic acid groups (broad SMARTS) is 1. The summed E-state index contributed by atoms with van der Waals surface area (Å²) in [6.45, 7) is 5.45. The van der Waals surface area contributed by atoms with Crippen LogP contribution >= 0.6 is 0 Å². The summed E-state index contributed by atoms with van der Waals surface area (Å²) in [7, 11) is 0. The fourth-order valence-electron chi connectivity index (χ4n) is 1.90.